The van der Waals surface area contributed by atoms with Crippen LogP contribution in [0.5, 0.6) is 0 Å². The predicted molar refractivity (Wildman–Crippen MR) is 129 cm³/mol. The fraction of sp³-hybridized carbons (Fsp3) is 0.364. The van der Waals surface area contributed by atoms with E-state index in [0.29, 0.717) is 13.1 Å². The van der Waals surface area contributed by atoms with Crippen LogP contribution in [0.3, 0.4) is 0 Å². The molecule has 1 saturated heterocycles. The molecule has 2 aromatic heterocycles. The Morgan fingerprint density at radius 3 is 2.66 bits per heavy atom. The van der Waals surface area contributed by atoms with Crippen molar-refractivity contribution in [3.63, 3.8) is 0 Å². The molecule has 0 unspecified atom stereocenters. The van der Waals surface area contributed by atoms with Crippen molar-refractivity contribution in [3.05, 3.63) is 59.5 Å². The number of para-hydroxylation sites is 1. The summed E-state index contributed by atoms with van der Waals surface area (Å²) in [6.45, 7) is 5.58. The fourth-order valence-electron chi connectivity index (χ4n) is 3.65. The molecule has 29 heavy (non-hydrogen) atoms. The monoisotopic (exact) mass is 505 g/mol. The standard InChI is InChI=1S/C22H27N5O.HI/c1-16-18-7-3-4-8-19(18)28-20(16)15-26-22(23-2)25-14-17-9-10-24-21(13-17)27-11-5-6-12-27;/h3-4,7-10,13H,5-6,11-12,14-15H2,1-2H3,(H2,23,25,26);1H. The topological polar surface area (TPSA) is 65.7 Å². The molecule has 1 aliphatic rings. The maximum atomic E-state index is 5.97. The Morgan fingerprint density at radius 1 is 1.14 bits per heavy atom. The van der Waals surface area contributed by atoms with Crippen molar-refractivity contribution in [1.82, 2.24) is 15.6 Å². The molecular weight excluding hydrogens is 477 g/mol. The Balaban J connectivity index is 0.00000240. The molecule has 1 aromatic carbocycles. The smallest absolute Gasteiger partial charge is 0.191 e. The highest BCUT2D eigenvalue weighted by Gasteiger charge is 2.14. The second-order valence-corrected chi connectivity index (χ2v) is 7.14. The van der Waals surface area contributed by atoms with E-state index in [0.717, 1.165) is 41.6 Å². The highest BCUT2D eigenvalue weighted by Crippen LogP contribution is 2.24. The number of fused-ring (bicyclic) bond motifs is 1. The lowest BCUT2D eigenvalue weighted by Crippen LogP contribution is -2.36. The second kappa shape index (κ2) is 9.96. The third-order valence-corrected chi connectivity index (χ3v) is 5.28. The number of halogens is 1. The van der Waals surface area contributed by atoms with Crippen molar-refractivity contribution in [2.24, 2.45) is 4.99 Å². The van der Waals surface area contributed by atoms with Gasteiger partial charge < -0.3 is 20.0 Å². The lowest BCUT2D eigenvalue weighted by Gasteiger charge is -2.17. The fourth-order valence-corrected chi connectivity index (χ4v) is 3.65. The van der Waals surface area contributed by atoms with Gasteiger partial charge in [-0.3, -0.25) is 4.99 Å². The van der Waals surface area contributed by atoms with Crippen molar-refractivity contribution in [3.8, 4) is 0 Å². The number of aromatic nitrogens is 1. The minimum Gasteiger partial charge on any atom is -0.459 e. The highest BCUT2D eigenvalue weighted by molar-refractivity contribution is 14.0. The first kappa shape index (κ1) is 21.4. The van der Waals surface area contributed by atoms with Gasteiger partial charge in [0.15, 0.2) is 5.96 Å². The molecule has 154 valence electrons. The van der Waals surface area contributed by atoms with Crippen LogP contribution < -0.4 is 15.5 Å². The number of nitrogens with zero attached hydrogens (tertiary/aromatic N) is 3. The van der Waals surface area contributed by atoms with E-state index in [9.17, 15) is 0 Å². The summed E-state index contributed by atoms with van der Waals surface area (Å²) >= 11 is 0. The van der Waals surface area contributed by atoms with Crippen molar-refractivity contribution in [2.45, 2.75) is 32.9 Å². The van der Waals surface area contributed by atoms with E-state index in [-0.39, 0.29) is 24.0 Å². The molecule has 2 N–H and O–H groups in total. The largest absolute Gasteiger partial charge is 0.459 e. The molecule has 0 radical (unpaired) electrons. The molecule has 0 spiro atoms. The SMILES string of the molecule is CN=C(NCc1ccnc(N2CCCC2)c1)NCc1oc2ccccc2c1C.I. The van der Waals surface area contributed by atoms with Gasteiger partial charge in [0.05, 0.1) is 6.54 Å². The molecule has 3 heterocycles. The van der Waals surface area contributed by atoms with Crippen LogP contribution in [0.1, 0.15) is 29.7 Å². The molecule has 7 heteroatoms. The summed E-state index contributed by atoms with van der Waals surface area (Å²) in [6, 6.07) is 12.3. The maximum Gasteiger partial charge on any atom is 0.191 e. The number of anilines is 1. The highest BCUT2D eigenvalue weighted by atomic mass is 127. The first-order chi connectivity index (χ1) is 13.7. The van der Waals surface area contributed by atoms with E-state index in [1.54, 1.807) is 7.05 Å². The number of furan rings is 1. The number of guanidine groups is 1. The Hall–Kier alpha value is -2.29. The Kier molecular flexibility index (Phi) is 7.35. The van der Waals surface area contributed by atoms with Gasteiger partial charge in [-0.25, -0.2) is 4.98 Å². The third kappa shape index (κ3) is 5.01. The van der Waals surface area contributed by atoms with E-state index in [4.69, 9.17) is 4.42 Å². The molecule has 0 bridgehead atoms. The van der Waals surface area contributed by atoms with Crippen molar-refractivity contribution in [1.29, 1.82) is 0 Å². The molecular formula is C22H28IN5O. The lowest BCUT2D eigenvalue weighted by atomic mass is 10.1. The Bertz CT molecular complexity index is 978. The van der Waals surface area contributed by atoms with Gasteiger partial charge in [-0.15, -0.1) is 24.0 Å². The minimum absolute atomic E-state index is 0. The van der Waals surface area contributed by atoms with Gasteiger partial charge in [0.2, 0.25) is 0 Å². The average Bonchev–Trinajstić information content (AvgIpc) is 3.37. The lowest BCUT2D eigenvalue weighted by molar-refractivity contribution is 0.534. The number of rotatable bonds is 5. The van der Waals surface area contributed by atoms with Crippen LogP contribution in [0.2, 0.25) is 0 Å². The summed E-state index contributed by atoms with van der Waals surface area (Å²) in [7, 11) is 1.78. The van der Waals surface area contributed by atoms with Crippen LogP contribution in [0.4, 0.5) is 5.82 Å². The quantitative estimate of drug-likeness (QED) is 0.309. The molecule has 4 rings (SSSR count). The zero-order valence-corrected chi connectivity index (χ0v) is 19.3. The molecule has 0 saturated carbocycles. The summed E-state index contributed by atoms with van der Waals surface area (Å²) in [5.74, 6) is 2.75. The first-order valence-electron chi connectivity index (χ1n) is 9.86. The summed E-state index contributed by atoms with van der Waals surface area (Å²) in [6.07, 6.45) is 4.39. The number of hydrogen-bond donors (Lipinski definition) is 2. The van der Waals surface area contributed by atoms with Crippen LogP contribution in [-0.4, -0.2) is 31.1 Å². The van der Waals surface area contributed by atoms with Crippen LogP contribution in [0.25, 0.3) is 11.0 Å². The van der Waals surface area contributed by atoms with Crippen LogP contribution in [-0.2, 0) is 13.1 Å². The number of hydrogen-bond acceptors (Lipinski definition) is 4. The van der Waals surface area contributed by atoms with E-state index < -0.39 is 0 Å². The predicted octanol–water partition coefficient (Wildman–Crippen LogP) is 4.22. The normalized spacial score (nSPS) is 14.1. The van der Waals surface area contributed by atoms with Gasteiger partial charge in [-0.05, 0) is 43.5 Å². The van der Waals surface area contributed by atoms with Gasteiger partial charge in [0, 0.05) is 43.8 Å². The van der Waals surface area contributed by atoms with E-state index in [1.807, 2.05) is 30.5 Å². The number of aryl methyl sites for hydroxylation is 1. The van der Waals surface area contributed by atoms with Crippen molar-refractivity contribution >= 4 is 46.7 Å². The van der Waals surface area contributed by atoms with E-state index in [1.165, 1.54) is 24.0 Å². The van der Waals surface area contributed by atoms with Gasteiger partial charge in [-0.2, -0.15) is 0 Å². The number of pyridine rings is 1. The van der Waals surface area contributed by atoms with E-state index in [2.05, 4.69) is 44.6 Å². The summed E-state index contributed by atoms with van der Waals surface area (Å²) in [5, 5.41) is 7.89. The van der Waals surface area contributed by atoms with Gasteiger partial charge in [0.25, 0.3) is 0 Å². The average molecular weight is 505 g/mol. The zero-order valence-electron chi connectivity index (χ0n) is 16.9. The van der Waals surface area contributed by atoms with Gasteiger partial charge in [0.1, 0.15) is 17.2 Å². The number of nitrogens with one attached hydrogen (secondary N) is 2. The first-order valence-corrected chi connectivity index (χ1v) is 9.86. The molecule has 0 amide bonds. The van der Waals surface area contributed by atoms with Crippen LogP contribution in [0, 0.1) is 6.92 Å². The Labute approximate surface area is 188 Å². The molecule has 1 aliphatic heterocycles. The molecule has 0 aliphatic carbocycles. The van der Waals surface area contributed by atoms with Crippen molar-refractivity contribution in [2.75, 3.05) is 25.0 Å². The second-order valence-electron chi connectivity index (χ2n) is 7.14. The molecule has 0 atom stereocenters. The van der Waals surface area contributed by atoms with Crippen LogP contribution >= 0.6 is 24.0 Å². The number of benzene rings is 1. The Morgan fingerprint density at radius 2 is 1.90 bits per heavy atom. The maximum absolute atomic E-state index is 5.97. The van der Waals surface area contributed by atoms with Gasteiger partial charge in [-0.1, -0.05) is 18.2 Å². The zero-order chi connectivity index (χ0) is 19.3. The van der Waals surface area contributed by atoms with E-state index >= 15 is 0 Å². The molecule has 1 fully saturated rings. The van der Waals surface area contributed by atoms with Crippen LogP contribution in [0.15, 0.2) is 52.0 Å². The van der Waals surface area contributed by atoms with Gasteiger partial charge >= 0.3 is 0 Å². The molecule has 3 aromatic rings. The summed E-state index contributed by atoms with van der Waals surface area (Å²) in [4.78, 5) is 11.2. The van der Waals surface area contributed by atoms with Crippen molar-refractivity contribution < 1.29 is 4.42 Å². The number of aliphatic imine (C=N–C) groups is 1. The third-order valence-electron chi connectivity index (χ3n) is 5.28. The summed E-state index contributed by atoms with van der Waals surface area (Å²) < 4.78 is 5.97. The minimum atomic E-state index is 0. The molecule has 6 nitrogen and oxygen atoms in total. The summed E-state index contributed by atoms with van der Waals surface area (Å²) in [5.41, 5.74) is 3.29.